The molecule has 158 valence electrons. The fraction of sp³-hybridized carbons (Fsp3) is 0.333. The monoisotopic (exact) mass is 434 g/mol. The molecule has 1 N–H and O–H groups in total. The van der Waals surface area contributed by atoms with E-state index in [9.17, 15) is 9.18 Å². The zero-order chi connectivity index (χ0) is 20.9. The summed E-state index contributed by atoms with van der Waals surface area (Å²) in [5.74, 6) is 0.554. The van der Waals surface area contributed by atoms with Gasteiger partial charge in [0, 0.05) is 23.8 Å². The number of aromatic amines is 1. The number of likely N-dealkylation sites (tertiary alicyclic amines) is 1. The van der Waals surface area contributed by atoms with E-state index in [-0.39, 0.29) is 17.8 Å². The van der Waals surface area contributed by atoms with Crippen molar-refractivity contribution in [1.29, 1.82) is 0 Å². The third kappa shape index (κ3) is 3.10. The molecule has 0 spiro atoms. The van der Waals surface area contributed by atoms with Crippen LogP contribution in [0.5, 0.6) is 0 Å². The average Bonchev–Trinajstić information content (AvgIpc) is 3.57. The summed E-state index contributed by atoms with van der Waals surface area (Å²) in [5, 5.41) is 1.03. The highest BCUT2D eigenvalue weighted by Gasteiger charge is 2.36. The number of imidazole rings is 1. The Kier molecular flexibility index (Phi) is 4.45. The molecule has 0 radical (unpaired) electrons. The van der Waals surface area contributed by atoms with Crippen LogP contribution in [0.2, 0.25) is 0 Å². The van der Waals surface area contributed by atoms with Crippen LogP contribution in [0.25, 0.3) is 16.0 Å². The minimum atomic E-state index is -0.289. The number of hydrogen-bond acceptors (Lipinski definition) is 3. The lowest BCUT2D eigenvalue weighted by atomic mass is 9.95. The average molecular weight is 435 g/mol. The Balaban J connectivity index is 1.41. The summed E-state index contributed by atoms with van der Waals surface area (Å²) >= 11 is 1.76. The van der Waals surface area contributed by atoms with Crippen LogP contribution in [-0.4, -0.2) is 31.9 Å². The van der Waals surface area contributed by atoms with E-state index in [0.717, 1.165) is 54.0 Å². The van der Waals surface area contributed by atoms with Crippen molar-refractivity contribution in [3.05, 3.63) is 70.4 Å². The summed E-state index contributed by atoms with van der Waals surface area (Å²) in [7, 11) is 0. The number of aromatic nitrogens is 3. The van der Waals surface area contributed by atoms with Crippen molar-refractivity contribution in [1.82, 2.24) is 19.4 Å². The van der Waals surface area contributed by atoms with Gasteiger partial charge in [-0.1, -0.05) is 0 Å². The van der Waals surface area contributed by atoms with E-state index in [4.69, 9.17) is 4.98 Å². The van der Waals surface area contributed by atoms with Crippen LogP contribution in [-0.2, 0) is 12.8 Å². The van der Waals surface area contributed by atoms with Crippen LogP contribution < -0.4 is 0 Å². The van der Waals surface area contributed by atoms with Crippen LogP contribution in [0, 0.1) is 5.82 Å². The van der Waals surface area contributed by atoms with Crippen molar-refractivity contribution in [2.45, 2.75) is 44.6 Å². The van der Waals surface area contributed by atoms with Gasteiger partial charge in [-0.15, -0.1) is 11.3 Å². The zero-order valence-electron chi connectivity index (χ0n) is 17.1. The Bertz CT molecular complexity index is 1270. The Morgan fingerprint density at radius 3 is 2.87 bits per heavy atom. The van der Waals surface area contributed by atoms with Gasteiger partial charge in [-0.2, -0.15) is 0 Å². The summed E-state index contributed by atoms with van der Waals surface area (Å²) in [6, 6.07) is 8.46. The highest BCUT2D eigenvalue weighted by molar-refractivity contribution is 7.15. The number of halogens is 1. The first-order chi connectivity index (χ1) is 15.2. The fourth-order valence-corrected chi connectivity index (χ4v) is 6.37. The number of thiophene rings is 1. The predicted molar refractivity (Wildman–Crippen MR) is 119 cm³/mol. The first-order valence-corrected chi connectivity index (χ1v) is 11.7. The van der Waals surface area contributed by atoms with Crippen LogP contribution >= 0.6 is 11.3 Å². The first-order valence-electron chi connectivity index (χ1n) is 10.9. The zero-order valence-corrected chi connectivity index (χ0v) is 17.9. The van der Waals surface area contributed by atoms with E-state index in [2.05, 4.69) is 9.55 Å². The SMILES string of the molecule is O=C(c1c(-n2cccc2)sc2c1CCCC2)N1CCCC1c1nc2ccc(F)cc2[nH]1. The van der Waals surface area contributed by atoms with E-state index in [1.165, 1.54) is 29.0 Å². The molecular weight excluding hydrogens is 411 g/mol. The lowest BCUT2D eigenvalue weighted by Crippen LogP contribution is -2.32. The minimum Gasteiger partial charge on any atom is -0.340 e. The molecule has 4 aromatic rings. The van der Waals surface area contributed by atoms with Gasteiger partial charge in [-0.3, -0.25) is 4.79 Å². The quantitative estimate of drug-likeness (QED) is 0.469. The second-order valence-electron chi connectivity index (χ2n) is 8.42. The minimum absolute atomic E-state index is 0.0947. The second-order valence-corrected chi connectivity index (χ2v) is 9.51. The normalized spacial score (nSPS) is 18.6. The Hall–Kier alpha value is -2.93. The molecule has 31 heavy (non-hydrogen) atoms. The molecule has 1 fully saturated rings. The molecule has 1 amide bonds. The Morgan fingerprint density at radius 2 is 2.00 bits per heavy atom. The molecular formula is C24H23FN4OS. The van der Waals surface area contributed by atoms with E-state index >= 15 is 0 Å². The third-order valence-corrected chi connectivity index (χ3v) is 7.80. The van der Waals surface area contributed by atoms with Crippen LogP contribution in [0.3, 0.4) is 0 Å². The molecule has 1 atom stereocenters. The van der Waals surface area contributed by atoms with Crippen molar-refractivity contribution in [3.63, 3.8) is 0 Å². The Labute approximate surface area is 183 Å². The highest BCUT2D eigenvalue weighted by atomic mass is 32.1. The van der Waals surface area contributed by atoms with E-state index < -0.39 is 0 Å². The topological polar surface area (TPSA) is 53.9 Å². The molecule has 0 bridgehead atoms. The molecule has 7 heteroatoms. The molecule has 6 rings (SSSR count). The largest absolute Gasteiger partial charge is 0.340 e. The van der Waals surface area contributed by atoms with Gasteiger partial charge in [0.25, 0.3) is 5.91 Å². The number of nitrogens with zero attached hydrogens (tertiary/aromatic N) is 3. The molecule has 5 nitrogen and oxygen atoms in total. The van der Waals surface area contributed by atoms with E-state index in [1.54, 1.807) is 17.4 Å². The third-order valence-electron chi connectivity index (χ3n) is 6.50. The van der Waals surface area contributed by atoms with E-state index in [0.29, 0.717) is 12.1 Å². The van der Waals surface area contributed by atoms with Gasteiger partial charge >= 0.3 is 0 Å². The number of carbonyl (C=O) groups is 1. The van der Waals surface area contributed by atoms with Gasteiger partial charge in [0.05, 0.1) is 22.6 Å². The maximum absolute atomic E-state index is 14.0. The number of benzene rings is 1. The summed E-state index contributed by atoms with van der Waals surface area (Å²) in [6.45, 7) is 0.713. The Morgan fingerprint density at radius 1 is 1.16 bits per heavy atom. The molecule has 1 aromatic carbocycles. The predicted octanol–water partition coefficient (Wildman–Crippen LogP) is 5.41. The van der Waals surface area contributed by atoms with Crippen molar-refractivity contribution >= 4 is 28.3 Å². The van der Waals surface area contributed by atoms with Gasteiger partial charge in [0.15, 0.2) is 0 Å². The fourth-order valence-electron chi connectivity index (χ4n) is 5.02. The van der Waals surface area contributed by atoms with Crippen LogP contribution in [0.4, 0.5) is 4.39 Å². The highest BCUT2D eigenvalue weighted by Crippen LogP contribution is 2.40. The van der Waals surface area contributed by atoms with Gasteiger partial charge in [0.1, 0.15) is 16.6 Å². The van der Waals surface area contributed by atoms with Crippen molar-refractivity contribution in [3.8, 4) is 5.00 Å². The number of aryl methyl sites for hydroxylation is 1. The molecule has 2 aliphatic rings. The number of nitrogens with one attached hydrogen (secondary N) is 1. The molecule has 1 aliphatic heterocycles. The van der Waals surface area contributed by atoms with E-state index in [1.807, 2.05) is 29.4 Å². The molecule has 3 aromatic heterocycles. The molecule has 0 saturated carbocycles. The van der Waals surface area contributed by atoms with Crippen LogP contribution in [0.15, 0.2) is 42.7 Å². The van der Waals surface area contributed by atoms with Crippen molar-refractivity contribution in [2.75, 3.05) is 6.54 Å². The van der Waals surface area contributed by atoms with Crippen LogP contribution in [0.1, 0.15) is 58.3 Å². The lowest BCUT2D eigenvalue weighted by molar-refractivity contribution is 0.0730. The van der Waals surface area contributed by atoms with Gasteiger partial charge in [0.2, 0.25) is 0 Å². The smallest absolute Gasteiger partial charge is 0.257 e. The number of amides is 1. The summed E-state index contributed by atoms with van der Waals surface area (Å²) in [5.41, 5.74) is 3.51. The number of fused-ring (bicyclic) bond motifs is 2. The first kappa shape index (κ1) is 18.8. The standard InChI is InChI=1S/C24H23FN4OS/c25-15-9-10-17-18(14-15)27-22(26-17)19-7-5-13-29(19)23(30)21-16-6-1-2-8-20(16)31-24(21)28-11-3-4-12-28/h3-4,9-12,14,19H,1-2,5-8,13H2,(H,26,27). The van der Waals surface area contributed by atoms with Gasteiger partial charge in [-0.05, 0) is 74.4 Å². The maximum atomic E-state index is 14.0. The number of carbonyl (C=O) groups excluding carboxylic acids is 1. The summed E-state index contributed by atoms with van der Waals surface area (Å²) in [6.07, 6.45) is 10.2. The number of H-pyrrole nitrogens is 1. The van der Waals surface area contributed by atoms with Gasteiger partial charge < -0.3 is 14.5 Å². The molecule has 1 saturated heterocycles. The number of hydrogen-bond donors (Lipinski definition) is 1. The molecule has 1 aliphatic carbocycles. The summed E-state index contributed by atoms with van der Waals surface area (Å²) in [4.78, 5) is 25.2. The second kappa shape index (κ2) is 7.34. The maximum Gasteiger partial charge on any atom is 0.257 e. The number of rotatable bonds is 3. The molecule has 4 heterocycles. The van der Waals surface area contributed by atoms with Gasteiger partial charge in [-0.25, -0.2) is 9.37 Å². The van der Waals surface area contributed by atoms with Crippen molar-refractivity contribution in [2.24, 2.45) is 0 Å². The summed E-state index contributed by atoms with van der Waals surface area (Å²) < 4.78 is 15.7. The van der Waals surface area contributed by atoms with Crippen molar-refractivity contribution < 1.29 is 9.18 Å². The lowest BCUT2D eigenvalue weighted by Gasteiger charge is -2.25. The molecule has 1 unspecified atom stereocenters.